The monoisotopic (exact) mass is 527 g/mol. The van der Waals surface area contributed by atoms with Gasteiger partial charge in [0.15, 0.2) is 0 Å². The molecule has 0 amide bonds. The summed E-state index contributed by atoms with van der Waals surface area (Å²) in [4.78, 5) is 5.33. The second kappa shape index (κ2) is 8.25. The number of nitrogens with zero attached hydrogens (tertiary/aromatic N) is 1. The molecule has 0 bridgehead atoms. The van der Waals surface area contributed by atoms with Crippen LogP contribution in [0.1, 0.15) is 0 Å². The van der Waals surface area contributed by atoms with E-state index in [1.165, 1.54) is 36.3 Å². The van der Waals surface area contributed by atoms with E-state index < -0.39 is 0 Å². The van der Waals surface area contributed by atoms with Gasteiger partial charge in [-0.05, 0) is 52.6 Å². The Morgan fingerprint density at radius 2 is 1.30 bits per heavy atom. The van der Waals surface area contributed by atoms with Crippen LogP contribution in [0.5, 0.6) is 0 Å². The molecule has 0 radical (unpaired) electrons. The highest BCUT2D eigenvalue weighted by Gasteiger charge is 2.18. The fraction of sp³-hybridized carbons (Fsp3) is 0. The normalized spacial score (nSPS) is 12.0. The molecule has 3 heterocycles. The molecule has 3 heteroatoms. The van der Waals surface area contributed by atoms with E-state index in [-0.39, 0.29) is 0 Å². The number of hydrogen-bond acceptors (Lipinski definition) is 3. The van der Waals surface area contributed by atoms with E-state index in [2.05, 4.69) is 115 Å². The number of fused-ring (bicyclic) bond motifs is 9. The van der Waals surface area contributed by atoms with Gasteiger partial charge in [0.1, 0.15) is 11.2 Å². The minimum absolute atomic E-state index is 0.878. The van der Waals surface area contributed by atoms with Gasteiger partial charge < -0.3 is 4.42 Å². The molecule has 2 nitrogen and oxygen atoms in total. The summed E-state index contributed by atoms with van der Waals surface area (Å²) in [5.41, 5.74) is 5.80. The van der Waals surface area contributed by atoms with Gasteiger partial charge in [-0.1, -0.05) is 91.0 Å². The topological polar surface area (TPSA) is 26.0 Å². The van der Waals surface area contributed by atoms with Crippen molar-refractivity contribution in [1.82, 2.24) is 4.98 Å². The molecule has 0 saturated heterocycles. The number of rotatable bonds is 2. The standard InChI is InChI=1S/C37H21NOS/c1-2-9-22(10-3-1)36-26-17-18-33-35(30-19-23-11-4-5-12-24(23)20-34(30)40-33)29(26)21-31(38-36)28-15-8-14-27-25-13-6-7-16-32(25)39-37(27)28/h1-21H. The van der Waals surface area contributed by atoms with Crippen LogP contribution in [0.2, 0.25) is 0 Å². The molecular weight excluding hydrogens is 506 g/mol. The van der Waals surface area contributed by atoms with Crippen molar-refractivity contribution in [3.63, 3.8) is 0 Å². The molecule has 9 aromatic rings. The van der Waals surface area contributed by atoms with Gasteiger partial charge in [0, 0.05) is 47.5 Å². The summed E-state index contributed by atoms with van der Waals surface area (Å²) in [6.45, 7) is 0. The van der Waals surface area contributed by atoms with Crippen LogP contribution in [0.4, 0.5) is 0 Å². The van der Waals surface area contributed by atoms with Gasteiger partial charge in [-0.15, -0.1) is 11.3 Å². The second-order valence-electron chi connectivity index (χ2n) is 10.3. The van der Waals surface area contributed by atoms with Gasteiger partial charge in [-0.3, -0.25) is 0 Å². The van der Waals surface area contributed by atoms with Crippen molar-refractivity contribution in [2.75, 3.05) is 0 Å². The maximum atomic E-state index is 6.45. The van der Waals surface area contributed by atoms with Crippen LogP contribution < -0.4 is 0 Å². The van der Waals surface area contributed by atoms with E-state index in [0.29, 0.717) is 0 Å². The summed E-state index contributed by atoms with van der Waals surface area (Å²) >= 11 is 1.86. The SMILES string of the molecule is c1ccc(-c2nc(-c3cccc4c3oc3ccccc34)cc3c2ccc2sc4cc5ccccc5cc4c23)cc1. The summed E-state index contributed by atoms with van der Waals surface area (Å²) < 4.78 is 9.04. The highest BCUT2D eigenvalue weighted by molar-refractivity contribution is 7.26. The van der Waals surface area contributed by atoms with Crippen LogP contribution in [0.25, 0.3) is 86.2 Å². The first kappa shape index (κ1) is 21.9. The fourth-order valence-corrected chi connectivity index (χ4v) is 7.34. The van der Waals surface area contributed by atoms with Crippen LogP contribution >= 0.6 is 11.3 Å². The number of benzene rings is 6. The Labute approximate surface area is 233 Å². The first-order valence-corrected chi connectivity index (χ1v) is 14.3. The van der Waals surface area contributed by atoms with Gasteiger partial charge >= 0.3 is 0 Å². The number of pyridine rings is 1. The Hall–Kier alpha value is -4.99. The third kappa shape index (κ3) is 3.13. The average molecular weight is 528 g/mol. The number of aromatic nitrogens is 1. The number of thiophene rings is 1. The lowest BCUT2D eigenvalue weighted by Gasteiger charge is -2.12. The smallest absolute Gasteiger partial charge is 0.144 e. The minimum Gasteiger partial charge on any atom is -0.455 e. The quantitative estimate of drug-likeness (QED) is 0.223. The van der Waals surface area contributed by atoms with E-state index in [1.807, 2.05) is 23.5 Å². The zero-order valence-corrected chi connectivity index (χ0v) is 22.2. The summed E-state index contributed by atoms with van der Waals surface area (Å²) in [7, 11) is 0. The van der Waals surface area contributed by atoms with Crippen molar-refractivity contribution in [3.05, 3.63) is 127 Å². The molecule has 9 rings (SSSR count). The van der Waals surface area contributed by atoms with Crippen molar-refractivity contribution < 1.29 is 4.42 Å². The summed E-state index contributed by atoms with van der Waals surface area (Å²) in [6, 6.07) is 45.2. The van der Waals surface area contributed by atoms with E-state index in [1.54, 1.807) is 0 Å². The van der Waals surface area contributed by atoms with E-state index >= 15 is 0 Å². The predicted molar refractivity (Wildman–Crippen MR) is 170 cm³/mol. The Bertz CT molecular complexity index is 2430. The van der Waals surface area contributed by atoms with Crippen molar-refractivity contribution in [2.24, 2.45) is 0 Å². The Morgan fingerprint density at radius 3 is 2.20 bits per heavy atom. The van der Waals surface area contributed by atoms with Gasteiger partial charge in [-0.2, -0.15) is 0 Å². The zero-order valence-electron chi connectivity index (χ0n) is 21.4. The molecular formula is C37H21NOS. The van der Waals surface area contributed by atoms with Crippen LogP contribution in [0.15, 0.2) is 132 Å². The van der Waals surface area contributed by atoms with E-state index in [0.717, 1.165) is 49.8 Å². The van der Waals surface area contributed by atoms with Crippen LogP contribution in [0, 0.1) is 0 Å². The maximum Gasteiger partial charge on any atom is 0.144 e. The molecule has 0 spiro atoms. The molecule has 0 fully saturated rings. The highest BCUT2D eigenvalue weighted by atomic mass is 32.1. The molecule has 0 saturated carbocycles. The third-order valence-electron chi connectivity index (χ3n) is 8.04. The molecule has 40 heavy (non-hydrogen) atoms. The average Bonchev–Trinajstić information content (AvgIpc) is 3.58. The van der Waals surface area contributed by atoms with Crippen molar-refractivity contribution >= 4 is 75.0 Å². The van der Waals surface area contributed by atoms with Crippen LogP contribution in [-0.2, 0) is 0 Å². The molecule has 0 aliphatic carbocycles. The summed E-state index contributed by atoms with van der Waals surface area (Å²) in [6.07, 6.45) is 0. The minimum atomic E-state index is 0.878. The highest BCUT2D eigenvalue weighted by Crippen LogP contribution is 2.44. The van der Waals surface area contributed by atoms with Crippen molar-refractivity contribution in [2.45, 2.75) is 0 Å². The predicted octanol–water partition coefficient (Wildman–Crippen LogP) is 11.0. The Balaban J connectivity index is 1.44. The first-order valence-electron chi connectivity index (χ1n) is 13.5. The molecule has 186 valence electrons. The molecule has 3 aromatic heterocycles. The number of furan rings is 1. The number of hydrogen-bond donors (Lipinski definition) is 0. The Morgan fingerprint density at radius 1 is 0.525 bits per heavy atom. The van der Waals surface area contributed by atoms with Crippen LogP contribution in [-0.4, -0.2) is 4.98 Å². The molecule has 0 unspecified atom stereocenters. The lowest BCUT2D eigenvalue weighted by Crippen LogP contribution is -1.92. The van der Waals surface area contributed by atoms with Gasteiger partial charge in [0.25, 0.3) is 0 Å². The molecule has 0 aliphatic rings. The van der Waals surface area contributed by atoms with Gasteiger partial charge in [0.05, 0.1) is 11.4 Å². The molecule has 0 aliphatic heterocycles. The lowest BCUT2D eigenvalue weighted by atomic mass is 9.96. The summed E-state index contributed by atoms with van der Waals surface area (Å²) in [5, 5.41) is 9.74. The van der Waals surface area contributed by atoms with Crippen LogP contribution in [0.3, 0.4) is 0 Å². The van der Waals surface area contributed by atoms with Gasteiger partial charge in [0.2, 0.25) is 0 Å². The lowest BCUT2D eigenvalue weighted by molar-refractivity contribution is 0.670. The largest absolute Gasteiger partial charge is 0.455 e. The fourth-order valence-electron chi connectivity index (χ4n) is 6.19. The van der Waals surface area contributed by atoms with Crippen molar-refractivity contribution in [3.8, 4) is 22.5 Å². The van der Waals surface area contributed by atoms with Crippen molar-refractivity contribution in [1.29, 1.82) is 0 Å². The van der Waals surface area contributed by atoms with Gasteiger partial charge in [-0.25, -0.2) is 4.98 Å². The van der Waals surface area contributed by atoms with E-state index in [9.17, 15) is 0 Å². The maximum absolute atomic E-state index is 6.45. The molecule has 0 N–H and O–H groups in total. The second-order valence-corrected chi connectivity index (χ2v) is 11.4. The summed E-state index contributed by atoms with van der Waals surface area (Å²) in [5.74, 6) is 0. The molecule has 6 aromatic carbocycles. The Kier molecular flexibility index (Phi) is 4.52. The number of para-hydroxylation sites is 2. The molecule has 0 atom stereocenters. The zero-order chi connectivity index (χ0) is 26.2. The first-order chi connectivity index (χ1) is 19.8. The third-order valence-corrected chi connectivity index (χ3v) is 9.16. The van der Waals surface area contributed by atoms with E-state index in [4.69, 9.17) is 9.40 Å².